The number of rotatable bonds is 6. The fourth-order valence-electron chi connectivity index (χ4n) is 9.27. The maximum Gasteiger partial charge on any atom is 0.293 e. The largest absolute Gasteiger partial charge is 0.454 e. The molecular formula is C41H26N2O9. The first-order valence-electron chi connectivity index (χ1n) is 16.7. The molecule has 0 N–H and O–H groups in total. The molecule has 2 aliphatic carbocycles. The zero-order valence-corrected chi connectivity index (χ0v) is 27.2. The van der Waals surface area contributed by atoms with E-state index in [4.69, 9.17) is 18.9 Å². The van der Waals surface area contributed by atoms with Crippen LogP contribution in [0.4, 0.5) is 11.4 Å². The molecule has 1 saturated heterocycles. The van der Waals surface area contributed by atoms with Gasteiger partial charge in [-0.25, -0.2) is 4.90 Å². The molecule has 3 heterocycles. The highest BCUT2D eigenvalue weighted by atomic mass is 16.7. The second kappa shape index (κ2) is 10.6. The van der Waals surface area contributed by atoms with Crippen LogP contribution in [-0.2, 0) is 25.2 Å². The quantitative estimate of drug-likeness (QED) is 0.115. The second-order valence-corrected chi connectivity index (χ2v) is 13.3. The summed E-state index contributed by atoms with van der Waals surface area (Å²) in [5.41, 5.74) is -0.741. The summed E-state index contributed by atoms with van der Waals surface area (Å²) in [4.78, 5) is 59.3. The molecule has 11 heteroatoms. The highest BCUT2D eigenvalue weighted by molar-refractivity contribution is 6.39. The molecule has 4 atom stereocenters. The Morgan fingerprint density at radius 2 is 1.02 bits per heavy atom. The summed E-state index contributed by atoms with van der Waals surface area (Å²) in [5, 5.41) is 12.3. The first-order chi connectivity index (χ1) is 25.4. The molecule has 254 valence electrons. The Balaban J connectivity index is 1.37. The lowest BCUT2D eigenvalue weighted by Gasteiger charge is -2.39. The summed E-state index contributed by atoms with van der Waals surface area (Å²) in [6.07, 6.45) is 0. The van der Waals surface area contributed by atoms with Crippen LogP contribution in [0.2, 0.25) is 0 Å². The van der Waals surface area contributed by atoms with E-state index in [1.807, 2.05) is 24.3 Å². The van der Waals surface area contributed by atoms with Crippen LogP contribution in [0.25, 0.3) is 11.1 Å². The van der Waals surface area contributed by atoms with E-state index in [1.165, 1.54) is 18.2 Å². The fraction of sp³-hybridized carbons (Fsp3) is 0.146. The number of nitrogens with zero attached hydrogens (tertiary/aromatic N) is 2. The average molecular weight is 691 g/mol. The summed E-state index contributed by atoms with van der Waals surface area (Å²) in [6, 6.07) is 34.5. The van der Waals surface area contributed by atoms with Gasteiger partial charge in [-0.3, -0.25) is 24.5 Å². The number of fused-ring (bicyclic) bond motifs is 7. The zero-order valence-electron chi connectivity index (χ0n) is 27.2. The number of carbonyl (C=O) groups excluding carboxylic acids is 3. The van der Waals surface area contributed by atoms with Crippen LogP contribution in [0.15, 0.2) is 121 Å². The van der Waals surface area contributed by atoms with Crippen LogP contribution in [0.1, 0.15) is 22.3 Å². The van der Waals surface area contributed by atoms with Gasteiger partial charge in [0, 0.05) is 6.07 Å². The second-order valence-electron chi connectivity index (χ2n) is 13.3. The smallest absolute Gasteiger partial charge is 0.293 e. The number of Topliss-reactive ketones (excluding diaryl/α,β-unsaturated/α-hetero) is 1. The van der Waals surface area contributed by atoms with Gasteiger partial charge in [0.2, 0.25) is 25.4 Å². The van der Waals surface area contributed by atoms with Gasteiger partial charge in [-0.05, 0) is 63.7 Å². The number of anilines is 1. The van der Waals surface area contributed by atoms with Crippen molar-refractivity contribution in [3.63, 3.8) is 0 Å². The van der Waals surface area contributed by atoms with Crippen LogP contribution in [0, 0.1) is 22.0 Å². The Labute approximate surface area is 295 Å². The lowest BCUT2D eigenvalue weighted by molar-refractivity contribution is -0.384. The minimum Gasteiger partial charge on any atom is -0.454 e. The minimum absolute atomic E-state index is 0.0199. The Kier molecular flexibility index (Phi) is 6.15. The van der Waals surface area contributed by atoms with Gasteiger partial charge in [-0.2, -0.15) is 0 Å². The van der Waals surface area contributed by atoms with E-state index in [0.717, 1.165) is 4.90 Å². The Morgan fingerprint density at radius 1 is 0.577 bits per heavy atom. The van der Waals surface area contributed by atoms with Crippen LogP contribution >= 0.6 is 0 Å². The molecule has 1 saturated carbocycles. The Morgan fingerprint density at radius 3 is 1.50 bits per heavy atom. The molecule has 0 radical (unpaired) electrons. The van der Waals surface area contributed by atoms with Crippen LogP contribution in [-0.4, -0.2) is 36.1 Å². The molecule has 0 spiro atoms. The van der Waals surface area contributed by atoms with Crippen molar-refractivity contribution in [2.24, 2.45) is 11.8 Å². The molecule has 11 nitrogen and oxygen atoms in total. The molecule has 0 aromatic heterocycles. The van der Waals surface area contributed by atoms with E-state index >= 15 is 14.4 Å². The van der Waals surface area contributed by atoms with Crippen molar-refractivity contribution in [1.29, 1.82) is 0 Å². The number of nitro benzene ring substituents is 1. The zero-order chi connectivity index (χ0) is 35.4. The molecule has 5 aliphatic rings. The van der Waals surface area contributed by atoms with Gasteiger partial charge in [-0.1, -0.05) is 84.9 Å². The molecule has 5 aromatic carbocycles. The number of carbonyl (C=O) groups is 3. The van der Waals surface area contributed by atoms with E-state index < -0.39 is 45.1 Å². The van der Waals surface area contributed by atoms with Gasteiger partial charge in [0.15, 0.2) is 28.8 Å². The molecule has 2 fully saturated rings. The number of benzene rings is 5. The molecule has 0 unspecified atom stereocenters. The highest BCUT2D eigenvalue weighted by Gasteiger charge is 2.83. The highest BCUT2D eigenvalue weighted by Crippen LogP contribution is 2.75. The van der Waals surface area contributed by atoms with Gasteiger partial charge in [0.05, 0.1) is 27.6 Å². The lowest BCUT2D eigenvalue weighted by atomic mass is 9.59. The third-order valence-corrected chi connectivity index (χ3v) is 11.1. The number of allylic oxidation sites excluding steroid dienone is 2. The lowest BCUT2D eigenvalue weighted by Crippen LogP contribution is -2.45. The summed E-state index contributed by atoms with van der Waals surface area (Å²) >= 11 is 0. The van der Waals surface area contributed by atoms with Gasteiger partial charge >= 0.3 is 0 Å². The van der Waals surface area contributed by atoms with Gasteiger partial charge in [0.25, 0.3) is 5.69 Å². The van der Waals surface area contributed by atoms with Crippen molar-refractivity contribution >= 4 is 40.1 Å². The Bertz CT molecular complexity index is 2310. The number of ketones is 1. The summed E-state index contributed by atoms with van der Waals surface area (Å²) in [7, 11) is 0. The van der Waals surface area contributed by atoms with Gasteiger partial charge in [-0.15, -0.1) is 0 Å². The number of amides is 2. The van der Waals surface area contributed by atoms with Gasteiger partial charge < -0.3 is 18.9 Å². The van der Waals surface area contributed by atoms with Crippen molar-refractivity contribution in [2.75, 3.05) is 18.5 Å². The average Bonchev–Trinajstić information content (AvgIpc) is 3.98. The Hall–Kier alpha value is -6.75. The van der Waals surface area contributed by atoms with Crippen molar-refractivity contribution in [1.82, 2.24) is 0 Å². The van der Waals surface area contributed by atoms with E-state index in [0.29, 0.717) is 56.4 Å². The maximum atomic E-state index is 16.2. The monoisotopic (exact) mass is 690 g/mol. The SMILES string of the molecule is O=C1[C@H]2[C@H](C(=O)N1c1ccccc1[N+](=O)[O-])[C@@]1(c3ccccc3)C(=O)[C@@]2(c2ccccc2)C(c2ccc3c(c2)OCO3)=C1c1ccc2c(c1)OCO2. The van der Waals surface area contributed by atoms with Crippen molar-refractivity contribution < 1.29 is 38.3 Å². The van der Waals surface area contributed by atoms with Crippen molar-refractivity contribution in [2.45, 2.75) is 10.8 Å². The van der Waals surface area contributed by atoms with Gasteiger partial charge in [0.1, 0.15) is 5.69 Å². The first-order valence-corrected chi connectivity index (χ1v) is 16.7. The summed E-state index contributed by atoms with van der Waals surface area (Å²) in [5.74, 6) is -2.27. The van der Waals surface area contributed by atoms with Crippen molar-refractivity contribution in [3.05, 3.63) is 154 Å². The third kappa shape index (κ3) is 3.61. The first kappa shape index (κ1) is 30.1. The molecule has 5 aromatic rings. The standard InChI is InChI=1S/C41H26N2O9/c44-37-35-36(38(45)42(37)27-13-7-8-14-28(27)43(47)48)41(26-11-5-2-6-12-26)34(24-16-18-30-32(20-24)52-22-50-30)33(23-15-17-29-31(19-23)51-21-49-29)40(35,39(41)46)25-9-3-1-4-10-25/h1-20,35-36H,21-22H2/t35-,36-,40+,41+/m1/s1. The number of imide groups is 1. The number of hydrogen-bond acceptors (Lipinski definition) is 9. The van der Waals surface area contributed by atoms with Crippen LogP contribution in [0.5, 0.6) is 23.0 Å². The predicted octanol–water partition coefficient (Wildman–Crippen LogP) is 6.24. The number of para-hydroxylation sites is 2. The maximum absolute atomic E-state index is 16.2. The molecular weight excluding hydrogens is 664 g/mol. The van der Waals surface area contributed by atoms with E-state index in [2.05, 4.69) is 0 Å². The van der Waals surface area contributed by atoms with Crippen molar-refractivity contribution in [3.8, 4) is 23.0 Å². The number of nitro groups is 1. The molecule has 2 bridgehead atoms. The molecule has 52 heavy (non-hydrogen) atoms. The topological polar surface area (TPSA) is 135 Å². The minimum atomic E-state index is -1.73. The molecule has 10 rings (SSSR count). The predicted molar refractivity (Wildman–Crippen MR) is 186 cm³/mol. The van der Waals surface area contributed by atoms with E-state index in [-0.39, 0.29) is 25.1 Å². The van der Waals surface area contributed by atoms with Crippen LogP contribution in [0.3, 0.4) is 0 Å². The summed E-state index contributed by atoms with van der Waals surface area (Å²) in [6.45, 7) is 0.0398. The molecule has 2 amide bonds. The third-order valence-electron chi connectivity index (χ3n) is 11.1. The summed E-state index contributed by atoms with van der Waals surface area (Å²) < 4.78 is 23.0. The fourth-order valence-corrected chi connectivity index (χ4v) is 9.27. The number of hydrogen-bond donors (Lipinski definition) is 0. The number of ether oxygens (including phenoxy) is 4. The van der Waals surface area contributed by atoms with E-state index in [1.54, 1.807) is 78.9 Å². The van der Waals surface area contributed by atoms with E-state index in [9.17, 15) is 10.1 Å². The van der Waals surface area contributed by atoms with Crippen LogP contribution < -0.4 is 23.8 Å². The normalized spacial score (nSPS) is 24.9. The molecule has 3 aliphatic heterocycles.